The predicted octanol–water partition coefficient (Wildman–Crippen LogP) is 5.92. The van der Waals surface area contributed by atoms with Crippen molar-refractivity contribution >= 4 is 5.97 Å². The van der Waals surface area contributed by atoms with Crippen LogP contribution in [0, 0.1) is 11.6 Å². The van der Waals surface area contributed by atoms with Gasteiger partial charge in [0.15, 0.2) is 0 Å². The van der Waals surface area contributed by atoms with E-state index in [0.717, 1.165) is 45.1 Å². The van der Waals surface area contributed by atoms with E-state index in [1.54, 1.807) is 18.2 Å². The Balaban J connectivity index is 1.55. The second-order valence-electron chi connectivity index (χ2n) is 7.23. The lowest BCUT2D eigenvalue weighted by molar-refractivity contribution is -0.0203. The van der Waals surface area contributed by atoms with Gasteiger partial charge in [0.1, 0.15) is 17.7 Å². The molecular formula is C23H26F2O3. The van der Waals surface area contributed by atoms with Crippen LogP contribution in [0.15, 0.2) is 42.5 Å². The van der Waals surface area contributed by atoms with Gasteiger partial charge in [0.05, 0.1) is 11.7 Å². The van der Waals surface area contributed by atoms with Crippen molar-refractivity contribution in [3.05, 3.63) is 59.7 Å². The number of esters is 1. The zero-order valence-corrected chi connectivity index (χ0v) is 16.1. The molecule has 1 aliphatic rings. The second kappa shape index (κ2) is 9.78. The Kier molecular flexibility index (Phi) is 7.15. The summed E-state index contributed by atoms with van der Waals surface area (Å²) >= 11 is 0. The fourth-order valence-corrected chi connectivity index (χ4v) is 3.43. The molecule has 150 valence electrons. The van der Waals surface area contributed by atoms with Crippen molar-refractivity contribution in [1.82, 2.24) is 0 Å². The van der Waals surface area contributed by atoms with Crippen LogP contribution in [-0.4, -0.2) is 24.8 Å². The van der Waals surface area contributed by atoms with Crippen LogP contribution in [0.2, 0.25) is 0 Å². The summed E-state index contributed by atoms with van der Waals surface area (Å²) in [6, 6.07) is 10.1. The van der Waals surface area contributed by atoms with Crippen LogP contribution in [0.1, 0.15) is 55.8 Å². The van der Waals surface area contributed by atoms with E-state index < -0.39 is 11.8 Å². The Bertz CT molecular complexity index is 781. The first-order valence-corrected chi connectivity index (χ1v) is 9.95. The maximum Gasteiger partial charge on any atom is 0.341 e. The minimum atomic E-state index is -0.640. The summed E-state index contributed by atoms with van der Waals surface area (Å²) < 4.78 is 38.8. The van der Waals surface area contributed by atoms with Crippen LogP contribution < -0.4 is 0 Å². The molecule has 5 heteroatoms. The van der Waals surface area contributed by atoms with Crippen LogP contribution in [-0.2, 0) is 9.47 Å². The van der Waals surface area contributed by atoms with E-state index >= 15 is 0 Å². The number of carbonyl (C=O) groups is 1. The second-order valence-corrected chi connectivity index (χ2v) is 7.23. The highest BCUT2D eigenvalue weighted by atomic mass is 19.1. The normalized spacial score (nSPS) is 19.4. The van der Waals surface area contributed by atoms with Crippen molar-refractivity contribution in [2.45, 2.75) is 57.7 Å². The Morgan fingerprint density at radius 1 is 0.964 bits per heavy atom. The lowest BCUT2D eigenvalue weighted by Crippen LogP contribution is -2.28. The largest absolute Gasteiger partial charge is 0.459 e. The maximum absolute atomic E-state index is 14.5. The topological polar surface area (TPSA) is 35.5 Å². The number of ether oxygens (including phenoxy) is 2. The fourth-order valence-electron chi connectivity index (χ4n) is 3.43. The summed E-state index contributed by atoms with van der Waals surface area (Å²) in [7, 11) is 0. The molecule has 1 aliphatic carbocycles. The molecule has 0 aliphatic heterocycles. The molecule has 3 rings (SSSR count). The van der Waals surface area contributed by atoms with Gasteiger partial charge in [-0.2, -0.15) is 0 Å². The van der Waals surface area contributed by atoms with E-state index in [-0.39, 0.29) is 23.6 Å². The SMILES string of the molecule is CCCCOC1CCC(OC(=O)c2ccc(-c3ccc(F)cc3)cc2F)CC1. The summed E-state index contributed by atoms with van der Waals surface area (Å²) in [6.45, 7) is 2.91. The smallest absolute Gasteiger partial charge is 0.341 e. The van der Waals surface area contributed by atoms with E-state index in [9.17, 15) is 13.6 Å². The van der Waals surface area contributed by atoms with Crippen LogP contribution in [0.3, 0.4) is 0 Å². The monoisotopic (exact) mass is 388 g/mol. The van der Waals surface area contributed by atoms with E-state index in [4.69, 9.17) is 9.47 Å². The molecule has 1 saturated carbocycles. The number of hydrogen-bond acceptors (Lipinski definition) is 3. The molecule has 0 N–H and O–H groups in total. The Labute approximate surface area is 164 Å². The molecule has 0 atom stereocenters. The molecule has 0 amide bonds. The van der Waals surface area contributed by atoms with Crippen molar-refractivity contribution in [1.29, 1.82) is 0 Å². The molecule has 0 spiro atoms. The third kappa shape index (κ3) is 5.38. The van der Waals surface area contributed by atoms with E-state index in [0.29, 0.717) is 11.1 Å². The summed E-state index contributed by atoms with van der Waals surface area (Å²) in [4.78, 5) is 12.4. The highest BCUT2D eigenvalue weighted by Gasteiger charge is 2.25. The van der Waals surface area contributed by atoms with E-state index in [1.807, 2.05) is 0 Å². The third-order valence-electron chi connectivity index (χ3n) is 5.11. The van der Waals surface area contributed by atoms with Crippen LogP contribution in [0.4, 0.5) is 8.78 Å². The molecule has 0 bridgehead atoms. The molecule has 2 aromatic carbocycles. The van der Waals surface area contributed by atoms with Crippen molar-refractivity contribution in [2.75, 3.05) is 6.61 Å². The third-order valence-corrected chi connectivity index (χ3v) is 5.11. The quantitative estimate of drug-likeness (QED) is 0.436. The van der Waals surface area contributed by atoms with Gasteiger partial charge < -0.3 is 9.47 Å². The minimum absolute atomic E-state index is 0.0767. The number of hydrogen-bond donors (Lipinski definition) is 0. The number of carbonyl (C=O) groups excluding carboxylic acids is 1. The van der Waals surface area contributed by atoms with Crippen LogP contribution in [0.5, 0.6) is 0 Å². The minimum Gasteiger partial charge on any atom is -0.459 e. The van der Waals surface area contributed by atoms with Crippen molar-refractivity contribution in [3.8, 4) is 11.1 Å². The molecule has 0 aromatic heterocycles. The van der Waals surface area contributed by atoms with Gasteiger partial charge in [-0.15, -0.1) is 0 Å². The van der Waals surface area contributed by atoms with Gasteiger partial charge in [-0.25, -0.2) is 13.6 Å². The standard InChI is InChI=1S/C23H26F2O3/c1-2-3-14-27-19-9-11-20(12-10-19)28-23(26)21-13-6-17(15-22(21)25)16-4-7-18(24)8-5-16/h4-8,13,15,19-20H,2-3,9-12,14H2,1H3. The molecular weight excluding hydrogens is 362 g/mol. The molecule has 0 saturated heterocycles. The molecule has 0 unspecified atom stereocenters. The fraction of sp³-hybridized carbons (Fsp3) is 0.435. The Morgan fingerprint density at radius 3 is 2.25 bits per heavy atom. The van der Waals surface area contributed by atoms with Gasteiger partial charge >= 0.3 is 5.97 Å². The molecule has 0 heterocycles. The molecule has 1 fully saturated rings. The Hall–Kier alpha value is -2.27. The summed E-state index contributed by atoms with van der Waals surface area (Å²) in [5, 5.41) is 0. The molecule has 2 aromatic rings. The lowest BCUT2D eigenvalue weighted by Gasteiger charge is -2.28. The first-order valence-electron chi connectivity index (χ1n) is 9.95. The number of rotatable bonds is 7. The first-order chi connectivity index (χ1) is 13.6. The van der Waals surface area contributed by atoms with Crippen molar-refractivity contribution < 1.29 is 23.0 Å². The molecule has 0 radical (unpaired) electrons. The number of unbranched alkanes of at least 4 members (excludes halogenated alkanes) is 1. The molecule has 3 nitrogen and oxygen atoms in total. The van der Waals surface area contributed by atoms with Gasteiger partial charge in [0, 0.05) is 6.61 Å². The number of halogens is 2. The summed E-state index contributed by atoms with van der Waals surface area (Å²) in [5.41, 5.74) is 1.19. The summed E-state index contributed by atoms with van der Waals surface area (Å²) in [6.07, 6.45) is 5.38. The highest BCUT2D eigenvalue weighted by Crippen LogP contribution is 2.26. The summed E-state index contributed by atoms with van der Waals surface area (Å²) in [5.74, 6) is -1.63. The highest BCUT2D eigenvalue weighted by molar-refractivity contribution is 5.90. The zero-order chi connectivity index (χ0) is 19.9. The average Bonchev–Trinajstić information content (AvgIpc) is 2.70. The predicted molar refractivity (Wildman–Crippen MR) is 104 cm³/mol. The molecule has 28 heavy (non-hydrogen) atoms. The van der Waals surface area contributed by atoms with Gasteiger partial charge in [-0.05, 0) is 67.5 Å². The van der Waals surface area contributed by atoms with Crippen molar-refractivity contribution in [3.63, 3.8) is 0 Å². The van der Waals surface area contributed by atoms with Crippen molar-refractivity contribution in [2.24, 2.45) is 0 Å². The van der Waals surface area contributed by atoms with Gasteiger partial charge in [0.2, 0.25) is 0 Å². The van der Waals surface area contributed by atoms with Gasteiger partial charge in [-0.3, -0.25) is 0 Å². The van der Waals surface area contributed by atoms with Crippen LogP contribution in [0.25, 0.3) is 11.1 Å². The zero-order valence-electron chi connectivity index (χ0n) is 16.1. The Morgan fingerprint density at radius 2 is 1.61 bits per heavy atom. The average molecular weight is 388 g/mol. The number of benzene rings is 2. The maximum atomic E-state index is 14.5. The van der Waals surface area contributed by atoms with Crippen LogP contribution >= 0.6 is 0 Å². The van der Waals surface area contributed by atoms with E-state index in [2.05, 4.69) is 6.92 Å². The van der Waals surface area contributed by atoms with Gasteiger partial charge in [0.25, 0.3) is 0 Å². The lowest BCUT2D eigenvalue weighted by atomic mass is 9.95. The van der Waals surface area contributed by atoms with E-state index in [1.165, 1.54) is 24.3 Å². The van der Waals surface area contributed by atoms with Gasteiger partial charge in [-0.1, -0.05) is 31.5 Å². The first kappa shape index (κ1) is 20.5.